The number of rotatable bonds is 4. The van der Waals surface area contributed by atoms with E-state index in [2.05, 4.69) is 11.8 Å². The van der Waals surface area contributed by atoms with Crippen LogP contribution in [0.3, 0.4) is 0 Å². The van der Waals surface area contributed by atoms with Gasteiger partial charge >= 0.3 is 5.97 Å². The Kier molecular flexibility index (Phi) is 6.94. The highest BCUT2D eigenvalue weighted by atomic mass is 16.7. The van der Waals surface area contributed by atoms with Gasteiger partial charge in [-0.3, -0.25) is 4.90 Å². The number of esters is 1. The molecule has 3 aliphatic heterocycles. The maximum absolute atomic E-state index is 13.5. The lowest BCUT2D eigenvalue weighted by Crippen LogP contribution is -2.85. The summed E-state index contributed by atoms with van der Waals surface area (Å²) >= 11 is 0. The second kappa shape index (κ2) is 10.1. The van der Waals surface area contributed by atoms with Crippen molar-refractivity contribution in [2.45, 2.75) is 124 Å². The number of carbonyl (C=O) groups is 1. The summed E-state index contributed by atoms with van der Waals surface area (Å²) in [5.41, 5.74) is -9.44. The fourth-order valence-corrected chi connectivity index (χ4v) is 12.6. The van der Waals surface area contributed by atoms with Gasteiger partial charge in [0.2, 0.25) is 5.79 Å². The van der Waals surface area contributed by atoms with Crippen LogP contribution in [0.1, 0.15) is 82.5 Å². The number of piperidine rings is 2. The number of hydrogen-bond donors (Lipinski definition) is 6. The number of ether oxygens (including phenoxy) is 4. The molecule has 0 radical (unpaired) electrons. The Morgan fingerprint density at radius 1 is 0.896 bits per heavy atom. The molecular formula is C36H51NO11. The quantitative estimate of drug-likeness (QED) is 0.253. The molecule has 266 valence electrons. The van der Waals surface area contributed by atoms with Gasteiger partial charge in [0.05, 0.1) is 31.5 Å². The fraction of sp³-hybridized carbons (Fsp3) is 0.806. The van der Waals surface area contributed by atoms with Gasteiger partial charge < -0.3 is 49.6 Å². The van der Waals surface area contributed by atoms with Gasteiger partial charge in [0.15, 0.2) is 17.6 Å². The molecule has 48 heavy (non-hydrogen) atoms. The summed E-state index contributed by atoms with van der Waals surface area (Å²) in [6.07, 6.45) is 0.172. The van der Waals surface area contributed by atoms with E-state index in [1.54, 1.807) is 19.1 Å². The van der Waals surface area contributed by atoms with Crippen molar-refractivity contribution in [2.75, 3.05) is 27.3 Å². The third-order valence-corrected chi connectivity index (χ3v) is 14.9. The number of carbonyl (C=O) groups excluding carboxylic acids is 1. The van der Waals surface area contributed by atoms with E-state index in [0.717, 1.165) is 6.42 Å². The van der Waals surface area contributed by atoms with Crippen LogP contribution in [0, 0.1) is 29.1 Å². The van der Waals surface area contributed by atoms with Crippen LogP contribution in [0.25, 0.3) is 0 Å². The van der Waals surface area contributed by atoms with E-state index < -0.39 is 81.2 Å². The first-order valence-corrected chi connectivity index (χ1v) is 17.6. The Bertz CT molecular complexity index is 1520. The molecule has 8 rings (SSSR count). The van der Waals surface area contributed by atoms with E-state index in [4.69, 9.17) is 18.9 Å². The monoisotopic (exact) mass is 673 g/mol. The van der Waals surface area contributed by atoms with Crippen molar-refractivity contribution in [3.8, 4) is 11.5 Å². The van der Waals surface area contributed by atoms with Crippen molar-refractivity contribution in [1.29, 1.82) is 0 Å². The SMILES string of the molecule is COc1ccc(C(=O)OC2CCC3(C)C4CCC5[C@]6(O)CC(O)[C@@]7(O)C(CN8CC(C)CCC8[C@@]7(C)O)[C@]6(O)C[C@@]53O[C@]24O)cc1OC. The molecule has 14 atom stereocenters. The Balaban J connectivity index is 1.16. The third kappa shape index (κ3) is 3.66. The van der Waals surface area contributed by atoms with E-state index in [1.807, 2.05) is 6.92 Å². The summed E-state index contributed by atoms with van der Waals surface area (Å²) in [6.45, 7) is 6.57. The minimum Gasteiger partial charge on any atom is -0.493 e. The molecule has 0 amide bonds. The maximum Gasteiger partial charge on any atom is 0.338 e. The average Bonchev–Trinajstić information content (AvgIpc) is 3.21. The van der Waals surface area contributed by atoms with Gasteiger partial charge in [-0.25, -0.2) is 4.79 Å². The zero-order chi connectivity index (χ0) is 34.4. The standard InChI is InChI=1S/C36H51NO11/c1-19-6-11-26-31(3,40)35(43)25(17-37(26)16-19)33(42)18-34-24(32(33,41)15-27(35)38)10-9-23-30(34,2)13-12-28(36(23,44)48-34)47-29(39)20-7-8-21(45-4)22(14-20)46-5/h7-8,14,19,23-28,38,40-44H,6,9-13,15-18H2,1-5H3/t19?,23?,24?,25?,26?,27?,28?,30?,31-,32-,33-,34-,35+,36+/m1/s1. The minimum absolute atomic E-state index is 0.101. The van der Waals surface area contributed by atoms with Crippen LogP contribution in [0.15, 0.2) is 18.2 Å². The van der Waals surface area contributed by atoms with Crippen molar-refractivity contribution in [3.63, 3.8) is 0 Å². The molecule has 3 heterocycles. The summed E-state index contributed by atoms with van der Waals surface area (Å²) < 4.78 is 23.5. The number of fused-ring (bicyclic) bond motifs is 5. The summed E-state index contributed by atoms with van der Waals surface area (Å²) in [5.74, 6) is -3.63. The van der Waals surface area contributed by atoms with Crippen molar-refractivity contribution >= 4 is 5.97 Å². The molecule has 12 heteroatoms. The van der Waals surface area contributed by atoms with Gasteiger partial charge in [-0.2, -0.15) is 0 Å². The highest BCUT2D eigenvalue weighted by molar-refractivity contribution is 5.90. The highest BCUT2D eigenvalue weighted by Crippen LogP contribution is 2.78. The van der Waals surface area contributed by atoms with Crippen LogP contribution >= 0.6 is 0 Å². The van der Waals surface area contributed by atoms with Gasteiger partial charge in [0.1, 0.15) is 22.4 Å². The number of benzene rings is 1. The smallest absolute Gasteiger partial charge is 0.338 e. The van der Waals surface area contributed by atoms with Gasteiger partial charge in [0, 0.05) is 55.1 Å². The number of hydrogen-bond acceptors (Lipinski definition) is 12. The normalized spacial score (nSPS) is 53.6. The van der Waals surface area contributed by atoms with E-state index in [9.17, 15) is 35.4 Å². The number of methoxy groups -OCH3 is 2. The van der Waals surface area contributed by atoms with Crippen molar-refractivity contribution in [1.82, 2.24) is 4.90 Å². The number of nitrogens with zero attached hydrogens (tertiary/aromatic N) is 1. The predicted octanol–water partition coefficient (Wildman–Crippen LogP) is 1.36. The third-order valence-electron chi connectivity index (χ3n) is 14.9. The van der Waals surface area contributed by atoms with Crippen molar-refractivity contribution in [2.24, 2.45) is 29.1 Å². The van der Waals surface area contributed by atoms with Gasteiger partial charge in [0.25, 0.3) is 0 Å². The Morgan fingerprint density at radius 2 is 1.60 bits per heavy atom. The zero-order valence-corrected chi connectivity index (χ0v) is 28.5. The number of aliphatic hydroxyl groups excluding tert-OH is 1. The fourth-order valence-electron chi connectivity index (χ4n) is 12.6. The van der Waals surface area contributed by atoms with E-state index in [-0.39, 0.29) is 24.9 Å². The lowest BCUT2D eigenvalue weighted by atomic mass is 9.49. The van der Waals surface area contributed by atoms with E-state index in [1.165, 1.54) is 20.3 Å². The van der Waals surface area contributed by atoms with Crippen LogP contribution in [0.2, 0.25) is 0 Å². The number of aliphatic hydroxyl groups is 6. The lowest BCUT2D eigenvalue weighted by molar-refractivity contribution is -0.354. The van der Waals surface area contributed by atoms with E-state index in [0.29, 0.717) is 56.1 Å². The van der Waals surface area contributed by atoms with Crippen LogP contribution < -0.4 is 9.47 Å². The van der Waals surface area contributed by atoms with Crippen molar-refractivity contribution < 1.29 is 54.4 Å². The molecule has 1 spiro atoms. The minimum atomic E-state index is -2.10. The molecule has 1 aromatic carbocycles. The summed E-state index contributed by atoms with van der Waals surface area (Å²) in [5, 5.41) is 74.7. The first-order valence-electron chi connectivity index (χ1n) is 17.6. The summed E-state index contributed by atoms with van der Waals surface area (Å²) in [7, 11) is 2.97. The largest absolute Gasteiger partial charge is 0.493 e. The van der Waals surface area contributed by atoms with Crippen LogP contribution in [-0.4, -0.2) is 121 Å². The Labute approximate surface area is 280 Å². The van der Waals surface area contributed by atoms with Gasteiger partial charge in [-0.05, 0) is 69.6 Å². The Hall–Kier alpha value is -2.03. The zero-order valence-electron chi connectivity index (χ0n) is 28.5. The van der Waals surface area contributed by atoms with E-state index >= 15 is 0 Å². The molecular weight excluding hydrogens is 622 g/mol. The van der Waals surface area contributed by atoms with Crippen LogP contribution in [0.4, 0.5) is 0 Å². The van der Waals surface area contributed by atoms with Crippen LogP contribution in [-0.2, 0) is 9.47 Å². The first-order chi connectivity index (χ1) is 22.5. The second-order valence-electron chi connectivity index (χ2n) is 16.8. The van der Waals surface area contributed by atoms with Gasteiger partial charge in [-0.1, -0.05) is 13.8 Å². The maximum atomic E-state index is 13.5. The van der Waals surface area contributed by atoms with Gasteiger partial charge in [-0.15, -0.1) is 0 Å². The molecule has 4 bridgehead atoms. The average molecular weight is 674 g/mol. The molecule has 7 fully saturated rings. The highest BCUT2D eigenvalue weighted by Gasteiger charge is 2.88. The Morgan fingerprint density at radius 3 is 2.31 bits per heavy atom. The molecule has 4 saturated carbocycles. The molecule has 4 aliphatic carbocycles. The topological polar surface area (TPSA) is 179 Å². The molecule has 6 N–H and O–H groups in total. The predicted molar refractivity (Wildman–Crippen MR) is 169 cm³/mol. The molecule has 1 aromatic rings. The molecule has 8 unspecified atom stereocenters. The summed E-state index contributed by atoms with van der Waals surface area (Å²) in [4.78, 5) is 15.6. The second-order valence-corrected chi connectivity index (χ2v) is 16.8. The molecule has 12 nitrogen and oxygen atoms in total. The van der Waals surface area contributed by atoms with Crippen molar-refractivity contribution in [3.05, 3.63) is 23.8 Å². The van der Waals surface area contributed by atoms with Crippen LogP contribution in [0.5, 0.6) is 11.5 Å². The first kappa shape index (κ1) is 33.1. The molecule has 7 aliphatic rings. The molecule has 3 saturated heterocycles. The lowest BCUT2D eigenvalue weighted by Gasteiger charge is -2.68. The molecule has 0 aromatic heterocycles. The summed E-state index contributed by atoms with van der Waals surface area (Å²) in [6, 6.07) is 4.28.